The first-order chi connectivity index (χ1) is 20.3. The Hall–Kier alpha value is 1.42. The third kappa shape index (κ3) is 31.2. The fourth-order valence-corrected chi connectivity index (χ4v) is 35.3. The first-order valence-corrected chi connectivity index (χ1v) is 39.7. The Labute approximate surface area is 292 Å². The Bertz CT molecular complexity index is 735. The van der Waals surface area contributed by atoms with Crippen LogP contribution in [-0.4, -0.2) is 82.7 Å². The van der Waals surface area contributed by atoms with Crippen LogP contribution in [0, 0.1) is 0 Å². The first kappa shape index (κ1) is 50.8. The predicted octanol–water partition coefficient (Wildman–Crippen LogP) is 10.1. The summed E-state index contributed by atoms with van der Waals surface area (Å²) in [5.74, 6) is 0. The standard InChI is InChI=1S/C16H42O4Si4.C11H32O4Si4.C2H6/c1-9-11-12-13-14-15-16-23(7,18-21-3)20-24(8,17-10-2)19-22(4,5)6;1-11-12-19(10,14-17(5,6)7)15-18(8,9)13-16(2,3)4;1-2/h9-16,21H2,1-8H3;11H2,1-10H3;1-2H3. The van der Waals surface area contributed by atoms with E-state index in [4.69, 9.17) is 33.5 Å². The van der Waals surface area contributed by atoms with Crippen LogP contribution in [0.5, 0.6) is 0 Å². The molecule has 8 nitrogen and oxygen atoms in total. The van der Waals surface area contributed by atoms with Crippen molar-refractivity contribution in [2.24, 2.45) is 0 Å². The SMILES string of the molecule is CC.CCCCCCCC[Si](C)(O[SiH2]C)O[Si](C)(OCC)O[Si](C)(C)C.CCO[Si](C)(O[Si](C)(C)C)O[Si](C)(C)O[Si](C)(C)C. The molecule has 3 unspecified atom stereocenters. The van der Waals surface area contributed by atoms with E-state index in [9.17, 15) is 0 Å². The molecule has 276 valence electrons. The Morgan fingerprint density at radius 1 is 0.467 bits per heavy atom. The van der Waals surface area contributed by atoms with Crippen molar-refractivity contribution >= 4 is 69.4 Å². The predicted molar refractivity (Wildman–Crippen MR) is 216 cm³/mol. The van der Waals surface area contributed by atoms with Crippen LogP contribution in [0.2, 0.25) is 104 Å². The van der Waals surface area contributed by atoms with E-state index in [0.717, 1.165) is 6.04 Å². The average molecular weight is 782 g/mol. The Morgan fingerprint density at radius 2 is 0.844 bits per heavy atom. The van der Waals surface area contributed by atoms with E-state index in [-0.39, 0.29) is 0 Å². The minimum atomic E-state index is -2.62. The molecule has 0 N–H and O–H groups in total. The maximum Gasteiger partial charge on any atom is 0.478 e. The summed E-state index contributed by atoms with van der Waals surface area (Å²) >= 11 is 0. The van der Waals surface area contributed by atoms with E-state index in [1.54, 1.807) is 0 Å². The fourth-order valence-electron chi connectivity index (χ4n) is 5.08. The van der Waals surface area contributed by atoms with Gasteiger partial charge < -0.3 is 33.5 Å². The summed E-state index contributed by atoms with van der Waals surface area (Å²) in [7, 11) is -15.2. The molecule has 0 heterocycles. The van der Waals surface area contributed by atoms with E-state index >= 15 is 0 Å². The van der Waals surface area contributed by atoms with Gasteiger partial charge in [0.15, 0.2) is 25.0 Å². The molecule has 16 heteroatoms. The van der Waals surface area contributed by atoms with Gasteiger partial charge in [0.2, 0.25) is 0 Å². The lowest BCUT2D eigenvalue weighted by molar-refractivity contribution is 0.162. The number of unbranched alkanes of at least 4 members (excludes halogenated alkanes) is 5. The van der Waals surface area contributed by atoms with Gasteiger partial charge in [-0.05, 0) is 98.5 Å². The molecule has 0 aromatic rings. The summed E-state index contributed by atoms with van der Waals surface area (Å²) in [6.45, 7) is 43.8. The van der Waals surface area contributed by atoms with Crippen molar-refractivity contribution < 1.29 is 33.5 Å². The van der Waals surface area contributed by atoms with E-state index in [0.29, 0.717) is 13.2 Å². The molecule has 0 rings (SSSR count). The molecule has 0 fully saturated rings. The summed E-state index contributed by atoms with van der Waals surface area (Å²) in [6, 6.07) is 1.06. The van der Waals surface area contributed by atoms with Crippen molar-refractivity contribution in [1.82, 2.24) is 0 Å². The van der Waals surface area contributed by atoms with E-state index in [2.05, 4.69) is 98.6 Å². The highest BCUT2D eigenvalue weighted by atomic mass is 28.5. The molecule has 0 aliphatic rings. The normalized spacial score (nSPS) is 17.1. The minimum Gasteiger partial charge on any atom is -0.442 e. The molecule has 0 amide bonds. The molecular weight excluding hydrogens is 701 g/mol. The van der Waals surface area contributed by atoms with Crippen molar-refractivity contribution in [2.75, 3.05) is 13.2 Å². The third-order valence-corrected chi connectivity index (χ3v) is 31.0. The maximum absolute atomic E-state index is 6.59. The Kier molecular flexibility index (Phi) is 26.8. The van der Waals surface area contributed by atoms with Crippen LogP contribution in [0.4, 0.5) is 0 Å². The van der Waals surface area contributed by atoms with Crippen LogP contribution in [0.15, 0.2) is 0 Å². The highest BCUT2D eigenvalue weighted by Gasteiger charge is 2.48. The van der Waals surface area contributed by atoms with Gasteiger partial charge in [0.1, 0.15) is 9.76 Å². The summed E-state index contributed by atoms with van der Waals surface area (Å²) in [5, 5.41) is 0. The number of hydrogen-bond donors (Lipinski definition) is 0. The zero-order valence-corrected chi connectivity index (χ0v) is 42.3. The van der Waals surface area contributed by atoms with Crippen LogP contribution in [0.25, 0.3) is 0 Å². The fraction of sp³-hybridized carbons (Fsp3) is 1.00. The zero-order valence-electron chi connectivity index (χ0n) is 33.8. The average Bonchev–Trinajstić information content (AvgIpc) is 2.78. The molecule has 0 aliphatic heterocycles. The van der Waals surface area contributed by atoms with Gasteiger partial charge >= 0.3 is 34.7 Å². The lowest BCUT2D eigenvalue weighted by atomic mass is 10.1. The topological polar surface area (TPSA) is 73.8 Å². The highest BCUT2D eigenvalue weighted by Crippen LogP contribution is 2.27. The van der Waals surface area contributed by atoms with Gasteiger partial charge in [0.05, 0.1) is 0 Å². The highest BCUT2D eigenvalue weighted by molar-refractivity contribution is 6.88. The summed E-state index contributed by atoms with van der Waals surface area (Å²) in [4.78, 5) is 0. The summed E-state index contributed by atoms with van der Waals surface area (Å²) in [5.41, 5.74) is 0. The van der Waals surface area contributed by atoms with Crippen LogP contribution in [0.3, 0.4) is 0 Å². The van der Waals surface area contributed by atoms with Gasteiger partial charge in [-0.3, -0.25) is 0 Å². The van der Waals surface area contributed by atoms with Crippen LogP contribution < -0.4 is 0 Å². The van der Waals surface area contributed by atoms with Crippen molar-refractivity contribution in [2.45, 2.75) is 177 Å². The molecule has 45 heavy (non-hydrogen) atoms. The molecule has 0 saturated heterocycles. The van der Waals surface area contributed by atoms with Gasteiger partial charge in [0, 0.05) is 26.3 Å². The second-order valence-corrected chi connectivity index (χ2v) is 43.0. The lowest BCUT2D eigenvalue weighted by Crippen LogP contribution is -2.58. The van der Waals surface area contributed by atoms with Crippen LogP contribution in [0.1, 0.15) is 73.1 Å². The van der Waals surface area contributed by atoms with E-state index in [1.807, 2.05) is 34.2 Å². The van der Waals surface area contributed by atoms with Crippen LogP contribution in [-0.2, 0) is 33.5 Å². The number of hydrogen-bond acceptors (Lipinski definition) is 8. The molecule has 0 saturated carbocycles. The number of rotatable bonds is 23. The van der Waals surface area contributed by atoms with Crippen molar-refractivity contribution in [3.8, 4) is 0 Å². The van der Waals surface area contributed by atoms with Gasteiger partial charge in [-0.25, -0.2) is 0 Å². The molecule has 0 aliphatic carbocycles. The molecule has 0 aromatic heterocycles. The Balaban J connectivity index is -0.000000761. The van der Waals surface area contributed by atoms with E-state index < -0.39 is 69.4 Å². The van der Waals surface area contributed by atoms with Gasteiger partial charge in [-0.2, -0.15) is 0 Å². The van der Waals surface area contributed by atoms with Gasteiger partial charge in [0.25, 0.3) is 0 Å². The lowest BCUT2D eigenvalue weighted by Gasteiger charge is -2.39. The van der Waals surface area contributed by atoms with Crippen molar-refractivity contribution in [3.63, 3.8) is 0 Å². The van der Waals surface area contributed by atoms with Crippen LogP contribution >= 0.6 is 0 Å². The maximum atomic E-state index is 6.59. The first-order valence-electron chi connectivity index (χ1n) is 17.7. The van der Waals surface area contributed by atoms with E-state index in [1.165, 1.54) is 38.5 Å². The molecule has 0 radical (unpaired) electrons. The van der Waals surface area contributed by atoms with Crippen molar-refractivity contribution in [1.29, 1.82) is 0 Å². The quantitative estimate of drug-likeness (QED) is 0.0750. The monoisotopic (exact) mass is 780 g/mol. The zero-order chi connectivity index (χ0) is 36.2. The largest absolute Gasteiger partial charge is 0.478 e. The molecule has 0 spiro atoms. The minimum absolute atomic E-state index is 0.503. The van der Waals surface area contributed by atoms with Gasteiger partial charge in [-0.15, -0.1) is 0 Å². The smallest absolute Gasteiger partial charge is 0.442 e. The van der Waals surface area contributed by atoms with Crippen molar-refractivity contribution in [3.05, 3.63) is 0 Å². The molecule has 3 atom stereocenters. The van der Waals surface area contributed by atoms with Gasteiger partial charge in [-0.1, -0.05) is 65.8 Å². The summed E-state index contributed by atoms with van der Waals surface area (Å²) < 4.78 is 49.8. The second kappa shape index (κ2) is 23.8. The Morgan fingerprint density at radius 3 is 1.20 bits per heavy atom. The second-order valence-electron chi connectivity index (χ2n) is 14.9. The molecule has 0 bridgehead atoms. The molecule has 0 aromatic carbocycles. The molecular formula is C29H80O8Si8. The third-order valence-electron chi connectivity index (χ3n) is 5.61. The summed E-state index contributed by atoms with van der Waals surface area (Å²) in [6.07, 6.45) is 7.80.